The second-order valence-corrected chi connectivity index (χ2v) is 8.73. The molecule has 6 nitrogen and oxygen atoms in total. The number of rotatable bonds is 5. The smallest absolute Gasteiger partial charge is 0.266 e. The number of thiophene rings is 1. The molecule has 0 aliphatic rings. The Bertz CT molecular complexity index is 1450. The van der Waals surface area contributed by atoms with E-state index < -0.39 is 5.82 Å². The van der Waals surface area contributed by atoms with Crippen LogP contribution in [0.1, 0.15) is 5.89 Å². The molecule has 0 amide bonds. The van der Waals surface area contributed by atoms with Gasteiger partial charge in [0.25, 0.3) is 5.56 Å². The van der Waals surface area contributed by atoms with Crippen LogP contribution in [0.15, 0.2) is 74.5 Å². The summed E-state index contributed by atoms with van der Waals surface area (Å²) in [5, 5.41) is 6.72. The summed E-state index contributed by atoms with van der Waals surface area (Å²) in [6.45, 7) is 0. The van der Waals surface area contributed by atoms with Crippen molar-refractivity contribution in [2.75, 3.05) is 0 Å². The molecule has 10 heteroatoms. The van der Waals surface area contributed by atoms with E-state index in [4.69, 9.17) is 16.1 Å². The van der Waals surface area contributed by atoms with Gasteiger partial charge in [0.1, 0.15) is 5.82 Å². The number of benzene rings is 2. The first-order chi connectivity index (χ1) is 15.1. The fraction of sp³-hybridized carbons (Fsp3) is 0.0476. The Balaban J connectivity index is 1.55. The summed E-state index contributed by atoms with van der Waals surface area (Å²) in [4.78, 5) is 23.2. The van der Waals surface area contributed by atoms with Gasteiger partial charge < -0.3 is 4.52 Å². The zero-order valence-electron chi connectivity index (χ0n) is 15.7. The molecule has 3 aromatic heterocycles. The minimum atomic E-state index is -0.562. The van der Waals surface area contributed by atoms with Crippen LogP contribution in [0.2, 0.25) is 5.02 Å². The minimum absolute atomic E-state index is 0.0778. The lowest BCUT2D eigenvalue weighted by atomic mass is 10.2. The molecule has 0 N–H and O–H groups in total. The van der Waals surface area contributed by atoms with E-state index in [-0.39, 0.29) is 10.6 Å². The Morgan fingerprint density at radius 3 is 2.81 bits per heavy atom. The predicted molar refractivity (Wildman–Crippen MR) is 119 cm³/mol. The van der Waals surface area contributed by atoms with Crippen molar-refractivity contribution in [3.8, 4) is 16.4 Å². The molecule has 0 saturated carbocycles. The largest absolute Gasteiger partial charge is 0.338 e. The molecule has 0 radical (unpaired) electrons. The van der Waals surface area contributed by atoms with Gasteiger partial charge in [-0.3, -0.25) is 9.36 Å². The highest BCUT2D eigenvalue weighted by Gasteiger charge is 2.17. The molecule has 154 valence electrons. The summed E-state index contributed by atoms with van der Waals surface area (Å²) < 4.78 is 20.4. The summed E-state index contributed by atoms with van der Waals surface area (Å²) in [6, 6.07) is 15.0. The topological polar surface area (TPSA) is 73.8 Å². The summed E-state index contributed by atoms with van der Waals surface area (Å²) in [7, 11) is 0. The lowest BCUT2D eigenvalue weighted by molar-refractivity contribution is 0.391. The van der Waals surface area contributed by atoms with E-state index in [1.165, 1.54) is 45.9 Å². The van der Waals surface area contributed by atoms with Crippen LogP contribution < -0.4 is 5.56 Å². The van der Waals surface area contributed by atoms with Gasteiger partial charge in [0.15, 0.2) is 5.16 Å². The maximum absolute atomic E-state index is 13.7. The van der Waals surface area contributed by atoms with Crippen LogP contribution in [0.4, 0.5) is 4.39 Å². The predicted octanol–water partition coefficient (Wildman–Crippen LogP) is 5.58. The second-order valence-electron chi connectivity index (χ2n) is 6.43. The van der Waals surface area contributed by atoms with Crippen LogP contribution in [0, 0.1) is 5.82 Å². The van der Waals surface area contributed by atoms with Crippen molar-refractivity contribution >= 4 is 45.6 Å². The Morgan fingerprint density at radius 2 is 2.00 bits per heavy atom. The highest BCUT2D eigenvalue weighted by molar-refractivity contribution is 7.98. The van der Waals surface area contributed by atoms with Crippen molar-refractivity contribution in [1.29, 1.82) is 0 Å². The molecule has 31 heavy (non-hydrogen) atoms. The number of aromatic nitrogens is 4. The molecular weight excluding hydrogens is 459 g/mol. The average molecular weight is 471 g/mol. The first kappa shape index (κ1) is 19.9. The Labute approximate surface area is 188 Å². The Kier molecular flexibility index (Phi) is 5.31. The number of nitrogens with zero attached hydrogens (tertiary/aromatic N) is 4. The van der Waals surface area contributed by atoms with E-state index in [0.717, 1.165) is 4.88 Å². The van der Waals surface area contributed by atoms with Crippen molar-refractivity contribution < 1.29 is 8.91 Å². The maximum Gasteiger partial charge on any atom is 0.266 e. The molecule has 0 spiro atoms. The van der Waals surface area contributed by atoms with Gasteiger partial charge in [-0.1, -0.05) is 46.7 Å². The van der Waals surface area contributed by atoms with Crippen molar-refractivity contribution in [3.05, 3.63) is 87.1 Å². The molecule has 0 unspecified atom stereocenters. The van der Waals surface area contributed by atoms with Gasteiger partial charge in [-0.25, -0.2) is 9.37 Å². The van der Waals surface area contributed by atoms with Gasteiger partial charge in [0, 0.05) is 0 Å². The minimum Gasteiger partial charge on any atom is -0.338 e. The maximum atomic E-state index is 13.7. The molecular formula is C21H12ClFN4O2S2. The van der Waals surface area contributed by atoms with E-state index in [2.05, 4.69) is 15.1 Å². The third kappa shape index (κ3) is 3.87. The normalized spacial score (nSPS) is 11.3. The highest BCUT2D eigenvalue weighted by atomic mass is 35.5. The molecule has 0 bridgehead atoms. The molecule has 0 saturated heterocycles. The van der Waals surface area contributed by atoms with E-state index >= 15 is 0 Å². The monoisotopic (exact) mass is 470 g/mol. The SMILES string of the molecule is O=c1c2ccccc2nc(SCc2nc(-c3cccs3)no2)n1-c1ccc(F)c(Cl)c1. The first-order valence-corrected chi connectivity index (χ1v) is 11.3. The van der Waals surface area contributed by atoms with Gasteiger partial charge in [-0.15, -0.1) is 11.3 Å². The molecule has 0 aliphatic heterocycles. The number of thioether (sulfide) groups is 1. The van der Waals surface area contributed by atoms with Gasteiger partial charge in [0.05, 0.1) is 32.2 Å². The van der Waals surface area contributed by atoms with Crippen LogP contribution in [-0.4, -0.2) is 19.7 Å². The van der Waals surface area contributed by atoms with Gasteiger partial charge >= 0.3 is 0 Å². The zero-order chi connectivity index (χ0) is 21.4. The van der Waals surface area contributed by atoms with Crippen molar-refractivity contribution in [2.24, 2.45) is 0 Å². The van der Waals surface area contributed by atoms with Crippen LogP contribution >= 0.6 is 34.7 Å². The fourth-order valence-corrected chi connectivity index (χ4v) is 4.68. The summed E-state index contributed by atoms with van der Waals surface area (Å²) in [5.74, 6) is 0.658. The number of para-hydroxylation sites is 1. The van der Waals surface area contributed by atoms with Crippen LogP contribution in [0.3, 0.4) is 0 Å². The summed E-state index contributed by atoms with van der Waals surface area (Å²) in [6.07, 6.45) is 0. The molecule has 5 aromatic rings. The standard InChI is InChI=1S/C21H12ClFN4O2S2/c22-14-10-12(7-8-15(14)23)27-20(28)13-4-1-2-5-16(13)24-21(27)31-11-18-25-19(26-29-18)17-6-3-9-30-17/h1-10H,11H2. The van der Waals surface area contributed by atoms with Crippen molar-refractivity contribution in [3.63, 3.8) is 0 Å². The third-order valence-electron chi connectivity index (χ3n) is 4.44. The van der Waals surface area contributed by atoms with Crippen LogP contribution in [-0.2, 0) is 5.75 Å². The molecule has 0 atom stereocenters. The van der Waals surface area contributed by atoms with Crippen molar-refractivity contribution in [1.82, 2.24) is 19.7 Å². The average Bonchev–Trinajstić information content (AvgIpc) is 3.46. The number of halogens is 2. The molecule has 2 aromatic carbocycles. The second kappa shape index (κ2) is 8.26. The van der Waals surface area contributed by atoms with Gasteiger partial charge in [-0.05, 0) is 41.8 Å². The van der Waals surface area contributed by atoms with Crippen LogP contribution in [0.25, 0.3) is 27.3 Å². The third-order valence-corrected chi connectivity index (χ3v) is 6.52. The zero-order valence-corrected chi connectivity index (χ0v) is 18.0. The van der Waals surface area contributed by atoms with E-state index in [9.17, 15) is 9.18 Å². The molecule has 0 fully saturated rings. The van der Waals surface area contributed by atoms with E-state index in [0.29, 0.717) is 39.2 Å². The highest BCUT2D eigenvalue weighted by Crippen LogP contribution is 2.27. The lowest BCUT2D eigenvalue weighted by Crippen LogP contribution is -2.21. The molecule has 3 heterocycles. The van der Waals surface area contributed by atoms with E-state index in [1.54, 1.807) is 18.2 Å². The van der Waals surface area contributed by atoms with Gasteiger partial charge in [0.2, 0.25) is 11.7 Å². The number of hydrogen-bond acceptors (Lipinski definition) is 7. The fourth-order valence-electron chi connectivity index (χ4n) is 3.01. The molecule has 0 aliphatic carbocycles. The Morgan fingerprint density at radius 1 is 1.13 bits per heavy atom. The van der Waals surface area contributed by atoms with Gasteiger partial charge in [-0.2, -0.15) is 4.98 Å². The molecule has 5 rings (SSSR count). The lowest BCUT2D eigenvalue weighted by Gasteiger charge is -2.13. The number of fused-ring (bicyclic) bond motifs is 1. The van der Waals surface area contributed by atoms with Crippen molar-refractivity contribution in [2.45, 2.75) is 10.9 Å². The summed E-state index contributed by atoms with van der Waals surface area (Å²) in [5.41, 5.74) is 0.701. The van der Waals surface area contributed by atoms with E-state index in [1.807, 2.05) is 23.6 Å². The Hall–Kier alpha value is -3.01. The number of hydrogen-bond donors (Lipinski definition) is 0. The van der Waals surface area contributed by atoms with Crippen LogP contribution in [0.5, 0.6) is 0 Å². The summed E-state index contributed by atoms with van der Waals surface area (Å²) >= 11 is 8.74. The first-order valence-electron chi connectivity index (χ1n) is 9.06. The quantitative estimate of drug-likeness (QED) is 0.246.